The lowest BCUT2D eigenvalue weighted by molar-refractivity contribution is 0.553. The second kappa shape index (κ2) is 40.8. The summed E-state index contributed by atoms with van der Waals surface area (Å²) in [4.78, 5) is 0. The molecule has 470 valence electrons. The van der Waals surface area contributed by atoms with E-state index in [-0.39, 0.29) is 0 Å². The van der Waals surface area contributed by atoms with Gasteiger partial charge in [-0.15, -0.1) is 0 Å². The Bertz CT molecular complexity index is 2870. The summed E-state index contributed by atoms with van der Waals surface area (Å²) in [5.41, 5.74) is 10.3. The number of benzene rings is 7. The Labute approximate surface area is 552 Å². The predicted octanol–water partition coefficient (Wildman–Crippen LogP) is 30.3. The van der Waals surface area contributed by atoms with Gasteiger partial charge in [0.15, 0.2) is 0 Å². The van der Waals surface area contributed by atoms with Crippen molar-refractivity contribution in [3.8, 4) is 22.3 Å². The van der Waals surface area contributed by atoms with Gasteiger partial charge in [0.2, 0.25) is 0 Å². The van der Waals surface area contributed by atoms with E-state index in [0.717, 1.165) is 31.2 Å². The zero-order valence-corrected chi connectivity index (χ0v) is 59.4. The molecular formula is C82H114Br2Cl2. The van der Waals surface area contributed by atoms with E-state index >= 15 is 0 Å². The average Bonchev–Trinajstić information content (AvgIpc) is 1.17. The van der Waals surface area contributed by atoms with Crippen LogP contribution >= 0.6 is 55.1 Å². The fraction of sp³-hybridized carbons (Fsp3) is 0.585. The third-order valence-electron chi connectivity index (χ3n) is 19.2. The van der Waals surface area contributed by atoms with Gasteiger partial charge in [-0.05, 0) is 189 Å². The fourth-order valence-electron chi connectivity index (χ4n) is 13.9. The number of rotatable bonds is 46. The molecule has 0 aliphatic heterocycles. The van der Waals surface area contributed by atoms with Gasteiger partial charge in [0, 0.05) is 30.1 Å². The van der Waals surface area contributed by atoms with Crippen LogP contribution in [0.1, 0.15) is 307 Å². The van der Waals surface area contributed by atoms with Crippen molar-refractivity contribution in [1.29, 1.82) is 0 Å². The summed E-state index contributed by atoms with van der Waals surface area (Å²) >= 11 is 22.9. The third-order valence-corrected chi connectivity index (χ3v) is 21.2. The van der Waals surface area contributed by atoms with E-state index in [1.165, 1.54) is 326 Å². The van der Waals surface area contributed by atoms with Gasteiger partial charge >= 0.3 is 0 Å². The zero-order chi connectivity index (χ0) is 60.6. The van der Waals surface area contributed by atoms with E-state index in [0.29, 0.717) is 10.0 Å². The Morgan fingerprint density at radius 1 is 0.209 bits per heavy atom. The number of aryl methyl sites for hydroxylation is 4. The molecule has 0 fully saturated rings. The molecule has 0 radical (unpaired) electrons. The Kier molecular flexibility index (Phi) is 33.5. The first-order valence-corrected chi connectivity index (χ1v) is 38.4. The van der Waals surface area contributed by atoms with Gasteiger partial charge in [0.1, 0.15) is 0 Å². The highest BCUT2D eigenvalue weighted by atomic mass is 79.9. The molecule has 0 atom stereocenters. The number of unbranched alkanes of at least 4 members (excludes halogenated alkanes) is 36. The summed E-state index contributed by atoms with van der Waals surface area (Å²) in [6.07, 6.45) is 59.6. The van der Waals surface area contributed by atoms with Gasteiger partial charge in [0.05, 0.1) is 0 Å². The molecule has 0 aliphatic rings. The lowest BCUT2D eigenvalue weighted by Crippen LogP contribution is -1.97. The van der Waals surface area contributed by atoms with Crippen molar-refractivity contribution >= 4 is 98.2 Å². The minimum atomic E-state index is 0.692. The quantitative estimate of drug-likeness (QED) is 0.0264. The molecule has 0 nitrogen and oxygen atoms in total. The maximum absolute atomic E-state index is 7.43. The molecule has 0 N–H and O–H groups in total. The monoisotopic (exact) mass is 1330 g/mol. The van der Waals surface area contributed by atoms with E-state index in [9.17, 15) is 0 Å². The van der Waals surface area contributed by atoms with Crippen LogP contribution in [-0.4, -0.2) is 0 Å². The highest BCUT2D eigenvalue weighted by Crippen LogP contribution is 2.45. The lowest BCUT2D eigenvalue weighted by atomic mass is 9.91. The lowest BCUT2D eigenvalue weighted by Gasteiger charge is -2.16. The smallest absolute Gasteiger partial charge is 0.0492 e. The van der Waals surface area contributed by atoms with Gasteiger partial charge in [-0.1, -0.05) is 338 Å². The van der Waals surface area contributed by atoms with Crippen molar-refractivity contribution in [2.75, 3.05) is 0 Å². The van der Waals surface area contributed by atoms with E-state index in [1.807, 2.05) is 0 Å². The first-order valence-electron chi connectivity index (χ1n) is 36.1. The highest BCUT2D eigenvalue weighted by molar-refractivity contribution is 9.11. The Morgan fingerprint density at radius 3 is 0.616 bits per heavy atom. The van der Waals surface area contributed by atoms with Gasteiger partial charge < -0.3 is 0 Å². The van der Waals surface area contributed by atoms with Gasteiger partial charge in [-0.2, -0.15) is 0 Å². The highest BCUT2D eigenvalue weighted by Gasteiger charge is 2.18. The van der Waals surface area contributed by atoms with Crippen LogP contribution in [0.3, 0.4) is 0 Å². The van der Waals surface area contributed by atoms with Crippen LogP contribution in [0.2, 0.25) is 10.0 Å². The van der Waals surface area contributed by atoms with Crippen molar-refractivity contribution in [2.45, 2.75) is 310 Å². The van der Waals surface area contributed by atoms with Crippen LogP contribution < -0.4 is 0 Å². The van der Waals surface area contributed by atoms with E-state index in [4.69, 9.17) is 23.2 Å². The Balaban J connectivity index is 1.07. The molecule has 0 saturated carbocycles. The van der Waals surface area contributed by atoms with Crippen LogP contribution in [0.4, 0.5) is 0 Å². The summed E-state index contributed by atoms with van der Waals surface area (Å²) in [7, 11) is 0. The predicted molar refractivity (Wildman–Crippen MR) is 395 cm³/mol. The number of fused-ring (bicyclic) bond motifs is 4. The second-order valence-corrected chi connectivity index (χ2v) is 29.1. The SMILES string of the molecule is CCCCCCCCCCCCc1cc2cc3cc(Br)c(-c4cc(Cl)c(-c5cc6cc7cc(CCCCCCCCCCCC)c(CCCCCCCCCCCC)cc7cc6cc5Br)cc4Cl)cc3cc2cc1CCCCCCCCCCCC. The molecule has 0 aliphatic carbocycles. The van der Waals surface area contributed by atoms with Crippen LogP contribution in [0.25, 0.3) is 65.3 Å². The van der Waals surface area contributed by atoms with Crippen LogP contribution in [0.5, 0.6) is 0 Å². The van der Waals surface area contributed by atoms with Gasteiger partial charge in [-0.25, -0.2) is 0 Å². The maximum atomic E-state index is 7.43. The van der Waals surface area contributed by atoms with E-state index in [2.05, 4.69) is 144 Å². The average molecular weight is 1330 g/mol. The normalized spacial score (nSPS) is 11.9. The number of hydrogen-bond donors (Lipinski definition) is 0. The molecule has 86 heavy (non-hydrogen) atoms. The molecule has 7 rings (SSSR count). The van der Waals surface area contributed by atoms with Crippen LogP contribution in [0, 0.1) is 0 Å². The molecule has 0 amide bonds. The molecule has 7 aromatic rings. The standard InChI is InChI=1S/C82H114Br2Cl2/c1-5-9-13-17-21-25-29-33-37-41-45-63-49-67-53-71-57-75(79(83)59-73(71)55-69(67)51-65(63)47-43-39-35-31-27-23-19-15-11-7-3)77-61-82(86)78(62-81(77)85)76-58-72-54-68-50-64(46-42-38-34-30-26-22-18-14-10-6-2)66(52-70(68)56-74(72)60-80(76)84)48-44-40-36-32-28-24-20-16-12-8-4/h49-62H,5-48H2,1-4H3. The molecular weight excluding hydrogens is 1220 g/mol. The zero-order valence-electron chi connectivity index (χ0n) is 54.7. The molecule has 0 heterocycles. The topological polar surface area (TPSA) is 0 Å². The Hall–Kier alpha value is -2.88. The molecule has 0 spiro atoms. The van der Waals surface area contributed by atoms with E-state index in [1.54, 1.807) is 22.3 Å². The summed E-state index contributed by atoms with van der Waals surface area (Å²) in [5.74, 6) is 0. The van der Waals surface area contributed by atoms with Crippen molar-refractivity contribution in [3.05, 3.63) is 126 Å². The fourth-order valence-corrected chi connectivity index (χ4v) is 15.5. The first-order chi connectivity index (χ1) is 42.2. The minimum Gasteiger partial charge on any atom is -0.0836 e. The van der Waals surface area contributed by atoms with Crippen LogP contribution in [0.15, 0.2) is 93.9 Å². The van der Waals surface area contributed by atoms with Gasteiger partial charge in [-0.3, -0.25) is 0 Å². The molecule has 0 bridgehead atoms. The number of halogens is 4. The molecule has 0 saturated heterocycles. The first kappa shape index (κ1) is 70.6. The molecule has 7 aromatic carbocycles. The summed E-state index contributed by atoms with van der Waals surface area (Å²) in [6.45, 7) is 9.25. The second-order valence-electron chi connectivity index (χ2n) is 26.5. The van der Waals surface area contributed by atoms with E-state index < -0.39 is 0 Å². The Morgan fingerprint density at radius 2 is 0.395 bits per heavy atom. The van der Waals surface area contributed by atoms with Crippen molar-refractivity contribution in [2.24, 2.45) is 0 Å². The minimum absolute atomic E-state index is 0.692. The molecule has 4 heteroatoms. The number of hydrogen-bond acceptors (Lipinski definition) is 0. The van der Waals surface area contributed by atoms with Crippen molar-refractivity contribution < 1.29 is 0 Å². The van der Waals surface area contributed by atoms with Crippen molar-refractivity contribution in [1.82, 2.24) is 0 Å². The maximum Gasteiger partial charge on any atom is 0.0492 e. The molecule has 0 aromatic heterocycles. The summed E-state index contributed by atoms with van der Waals surface area (Å²) in [5, 5.41) is 11.7. The van der Waals surface area contributed by atoms with Crippen molar-refractivity contribution in [3.63, 3.8) is 0 Å². The van der Waals surface area contributed by atoms with Crippen LogP contribution in [-0.2, 0) is 25.7 Å². The van der Waals surface area contributed by atoms with Gasteiger partial charge in [0.25, 0.3) is 0 Å². The summed E-state index contributed by atoms with van der Waals surface area (Å²) < 4.78 is 2.05. The third kappa shape index (κ3) is 23.4. The molecule has 0 unspecified atom stereocenters. The summed E-state index contributed by atoms with van der Waals surface area (Å²) in [6, 6.07) is 33.3. The largest absolute Gasteiger partial charge is 0.0836 e.